The molecule has 0 bridgehead atoms. The van der Waals surface area contributed by atoms with Crippen molar-refractivity contribution in [2.45, 2.75) is 31.3 Å². The zero-order valence-electron chi connectivity index (χ0n) is 11.1. The van der Waals surface area contributed by atoms with Gasteiger partial charge >= 0.3 is 0 Å². The molecule has 0 saturated carbocycles. The van der Waals surface area contributed by atoms with Gasteiger partial charge in [0.05, 0.1) is 25.6 Å². The van der Waals surface area contributed by atoms with Gasteiger partial charge in [-0.05, 0) is 6.92 Å². The first-order chi connectivity index (χ1) is 9.75. The Labute approximate surface area is 115 Å². The molecule has 20 heavy (non-hydrogen) atoms. The number of fused-ring (bicyclic) bond motifs is 1. The highest BCUT2D eigenvalue weighted by molar-refractivity contribution is 5.53. The lowest BCUT2D eigenvalue weighted by molar-refractivity contribution is 0.0172. The quantitative estimate of drug-likeness (QED) is 0.823. The maximum atomic E-state index is 9.82. The van der Waals surface area contributed by atoms with Crippen molar-refractivity contribution in [3.05, 3.63) is 24.4 Å². The van der Waals surface area contributed by atoms with Gasteiger partial charge in [0, 0.05) is 18.1 Å². The predicted molar refractivity (Wildman–Crippen MR) is 69.1 cm³/mol. The Hall–Kier alpha value is -1.70. The van der Waals surface area contributed by atoms with Crippen LogP contribution in [-0.2, 0) is 9.47 Å². The number of hydrogen-bond acceptors (Lipinski definition) is 5. The minimum Gasteiger partial charge on any atom is -0.388 e. The fraction of sp³-hybridized carbons (Fsp3) is 0.538. The fourth-order valence-corrected chi connectivity index (χ4v) is 3.05. The number of nitrogens with one attached hydrogen (secondary N) is 1. The van der Waals surface area contributed by atoms with Gasteiger partial charge in [-0.2, -0.15) is 0 Å². The van der Waals surface area contributed by atoms with Crippen LogP contribution in [0.2, 0.25) is 0 Å². The van der Waals surface area contributed by atoms with Gasteiger partial charge in [0.1, 0.15) is 24.0 Å². The average Bonchev–Trinajstić information content (AvgIpc) is 3.15. The highest BCUT2D eigenvalue weighted by Crippen LogP contribution is 2.36. The van der Waals surface area contributed by atoms with Gasteiger partial charge in [-0.1, -0.05) is 0 Å². The van der Waals surface area contributed by atoms with Crippen molar-refractivity contribution in [3.63, 3.8) is 0 Å². The molecule has 0 unspecified atom stereocenters. The van der Waals surface area contributed by atoms with Crippen molar-refractivity contribution in [3.8, 4) is 11.5 Å². The van der Waals surface area contributed by atoms with Crippen LogP contribution in [0, 0.1) is 6.92 Å². The maximum Gasteiger partial charge on any atom is 0.160 e. The summed E-state index contributed by atoms with van der Waals surface area (Å²) in [7, 11) is 0. The zero-order chi connectivity index (χ0) is 13.7. The van der Waals surface area contributed by atoms with E-state index in [4.69, 9.17) is 9.47 Å². The largest absolute Gasteiger partial charge is 0.388 e. The molecule has 0 spiro atoms. The van der Waals surface area contributed by atoms with Gasteiger partial charge in [-0.25, -0.2) is 9.97 Å². The number of aliphatic hydroxyl groups excluding tert-OH is 1. The first-order valence-corrected chi connectivity index (χ1v) is 6.70. The Morgan fingerprint density at radius 2 is 2.15 bits per heavy atom. The third-order valence-electron chi connectivity index (χ3n) is 4.07. The number of rotatable bonds is 2. The molecule has 4 atom stereocenters. The van der Waals surface area contributed by atoms with Crippen molar-refractivity contribution in [2.75, 3.05) is 13.2 Å². The second-order valence-corrected chi connectivity index (χ2v) is 5.26. The molecule has 7 nitrogen and oxygen atoms in total. The Morgan fingerprint density at radius 3 is 2.95 bits per heavy atom. The lowest BCUT2D eigenvalue weighted by atomic mass is 10.1. The number of hydrogen-bond donors (Lipinski definition) is 2. The fourth-order valence-electron chi connectivity index (χ4n) is 3.05. The number of aromatic nitrogens is 4. The van der Waals surface area contributed by atoms with Gasteiger partial charge in [0.2, 0.25) is 0 Å². The third-order valence-corrected chi connectivity index (χ3v) is 4.07. The van der Waals surface area contributed by atoms with E-state index in [9.17, 15) is 5.11 Å². The van der Waals surface area contributed by atoms with Crippen molar-refractivity contribution < 1.29 is 14.6 Å². The smallest absolute Gasteiger partial charge is 0.160 e. The van der Waals surface area contributed by atoms with Crippen molar-refractivity contribution in [1.82, 2.24) is 19.5 Å². The van der Waals surface area contributed by atoms with Gasteiger partial charge < -0.3 is 24.1 Å². The van der Waals surface area contributed by atoms with Crippen LogP contribution in [0.4, 0.5) is 0 Å². The number of nitrogens with zero attached hydrogens (tertiary/aromatic N) is 3. The van der Waals surface area contributed by atoms with E-state index in [2.05, 4.69) is 15.0 Å². The average molecular weight is 276 g/mol. The Morgan fingerprint density at radius 1 is 1.30 bits per heavy atom. The summed E-state index contributed by atoms with van der Waals surface area (Å²) in [5.41, 5.74) is 1.80. The normalized spacial score (nSPS) is 32.7. The van der Waals surface area contributed by atoms with Crippen molar-refractivity contribution >= 4 is 0 Å². The lowest BCUT2D eigenvalue weighted by Gasteiger charge is -2.19. The molecule has 2 aliphatic rings. The Balaban J connectivity index is 1.71. The molecule has 7 heteroatoms. The maximum absolute atomic E-state index is 9.82. The first-order valence-electron chi connectivity index (χ1n) is 6.70. The van der Waals surface area contributed by atoms with Crippen LogP contribution in [0.3, 0.4) is 0 Å². The molecule has 0 amide bonds. The van der Waals surface area contributed by atoms with Crippen LogP contribution in [0.1, 0.15) is 11.7 Å². The molecule has 2 fully saturated rings. The van der Waals surface area contributed by atoms with Crippen LogP contribution in [0.15, 0.2) is 18.7 Å². The van der Waals surface area contributed by atoms with E-state index in [1.165, 1.54) is 0 Å². The van der Waals surface area contributed by atoms with E-state index in [1.807, 2.05) is 17.7 Å². The van der Waals surface area contributed by atoms with E-state index < -0.39 is 6.10 Å². The molecule has 106 valence electrons. The zero-order valence-corrected chi connectivity index (χ0v) is 11.1. The molecular weight excluding hydrogens is 260 g/mol. The summed E-state index contributed by atoms with van der Waals surface area (Å²) in [6.45, 7) is 2.81. The number of H-pyrrole nitrogens is 1. The van der Waals surface area contributed by atoms with Crippen LogP contribution >= 0.6 is 0 Å². The summed E-state index contributed by atoms with van der Waals surface area (Å²) >= 11 is 0. The van der Waals surface area contributed by atoms with Crippen molar-refractivity contribution in [1.29, 1.82) is 0 Å². The first kappa shape index (κ1) is 12.1. The Kier molecular flexibility index (Phi) is 2.66. The summed E-state index contributed by atoms with van der Waals surface area (Å²) in [5.74, 6) is 0.794. The van der Waals surface area contributed by atoms with Gasteiger partial charge in [0.25, 0.3) is 0 Å². The molecule has 2 N–H and O–H groups in total. The minimum absolute atomic E-state index is 0.0192. The monoisotopic (exact) mass is 276 g/mol. The number of aliphatic hydroxyl groups is 1. The van der Waals surface area contributed by atoms with Crippen molar-refractivity contribution in [2.24, 2.45) is 0 Å². The standard InChI is InChI=1S/C13H16N4O3/c1-7-10(16-6-15-7)13-14-2-3-17(13)8-4-19-12-9(18)5-20-11(8)12/h2-3,6,8-9,11-12,18H,4-5H2,1H3,(H,15,16)/t8-,9-,11-,12-/m1/s1. The summed E-state index contributed by atoms with van der Waals surface area (Å²) < 4.78 is 13.4. The van der Waals surface area contributed by atoms with Gasteiger partial charge in [-0.3, -0.25) is 0 Å². The van der Waals surface area contributed by atoms with E-state index in [0.717, 1.165) is 17.2 Å². The summed E-state index contributed by atoms with van der Waals surface area (Å²) in [5, 5.41) is 9.82. The topological polar surface area (TPSA) is 85.2 Å². The predicted octanol–water partition coefficient (Wildman–Crippen LogP) is 0.281. The van der Waals surface area contributed by atoms with Gasteiger partial charge in [-0.15, -0.1) is 0 Å². The molecule has 0 radical (unpaired) electrons. The van der Waals surface area contributed by atoms with Crippen LogP contribution in [0.5, 0.6) is 0 Å². The summed E-state index contributed by atoms with van der Waals surface area (Å²) in [6.07, 6.45) is 4.42. The van der Waals surface area contributed by atoms with Crippen LogP contribution in [-0.4, -0.2) is 56.2 Å². The third kappa shape index (κ3) is 1.64. The molecule has 2 aromatic heterocycles. The molecule has 4 rings (SSSR count). The number of imidazole rings is 2. The van der Waals surface area contributed by atoms with Crippen LogP contribution in [0.25, 0.3) is 11.5 Å². The van der Waals surface area contributed by atoms with E-state index in [1.54, 1.807) is 12.5 Å². The summed E-state index contributed by atoms with van der Waals surface area (Å²) in [4.78, 5) is 11.8. The summed E-state index contributed by atoms with van der Waals surface area (Å²) in [6, 6.07) is 0.0192. The lowest BCUT2D eigenvalue weighted by Crippen LogP contribution is -2.30. The molecule has 2 saturated heterocycles. The highest BCUT2D eigenvalue weighted by Gasteiger charge is 2.48. The Bertz CT molecular complexity index is 623. The SMILES string of the molecule is Cc1[nH]cnc1-c1nccn1[C@@H]1CO[C@H]2[C@@H]1OC[C@H]2O. The van der Waals surface area contributed by atoms with Crippen LogP contribution < -0.4 is 0 Å². The molecule has 0 aromatic carbocycles. The molecule has 2 aliphatic heterocycles. The molecule has 2 aromatic rings. The second-order valence-electron chi connectivity index (χ2n) is 5.26. The second kappa shape index (κ2) is 4.41. The van der Waals surface area contributed by atoms with E-state index >= 15 is 0 Å². The molecular formula is C13H16N4O3. The highest BCUT2D eigenvalue weighted by atomic mass is 16.6. The van der Waals surface area contributed by atoms with E-state index in [0.29, 0.717) is 13.2 Å². The number of aryl methyl sites for hydroxylation is 1. The van der Waals surface area contributed by atoms with Gasteiger partial charge in [0.15, 0.2) is 5.82 Å². The van der Waals surface area contributed by atoms with E-state index in [-0.39, 0.29) is 18.2 Å². The minimum atomic E-state index is -0.538. The molecule has 0 aliphatic carbocycles. The number of ether oxygens (including phenoxy) is 2. The number of aromatic amines is 1. The molecule has 4 heterocycles.